The molecule has 1 aromatic carbocycles. The van der Waals surface area contributed by atoms with E-state index >= 15 is 0 Å². The van der Waals surface area contributed by atoms with Crippen molar-refractivity contribution in [3.8, 4) is 0 Å². The fraction of sp³-hybridized carbons (Fsp3) is 0.562. The van der Waals surface area contributed by atoms with Gasteiger partial charge in [-0.05, 0) is 38.5 Å². The van der Waals surface area contributed by atoms with Crippen LogP contribution in [0.3, 0.4) is 0 Å². The summed E-state index contributed by atoms with van der Waals surface area (Å²) < 4.78 is 0. The lowest BCUT2D eigenvalue weighted by atomic mass is 10.2. The van der Waals surface area contributed by atoms with Crippen LogP contribution in [0.1, 0.15) is 33.6 Å². The lowest BCUT2D eigenvalue weighted by Gasteiger charge is -2.20. The van der Waals surface area contributed by atoms with Gasteiger partial charge in [0.2, 0.25) is 5.91 Å². The third-order valence-electron chi connectivity index (χ3n) is 3.25. The highest BCUT2D eigenvalue weighted by molar-refractivity contribution is 5.84. The van der Waals surface area contributed by atoms with E-state index in [2.05, 4.69) is 17.6 Å². The Labute approximate surface area is 122 Å². The standard InChI is InChI=1S/C16H27N3O/c1-6-8-12(2)17-16(20)13(3)18-14-9-7-10-15(11-14)19(4)5/h7,9-13,18H,6,8H2,1-5H3,(H,17,20). The zero-order valence-electron chi connectivity index (χ0n) is 13.2. The van der Waals surface area contributed by atoms with Gasteiger partial charge in [0.1, 0.15) is 6.04 Å². The summed E-state index contributed by atoms with van der Waals surface area (Å²) in [5.41, 5.74) is 2.07. The van der Waals surface area contributed by atoms with Gasteiger partial charge in [-0.3, -0.25) is 4.79 Å². The number of carbonyl (C=O) groups excluding carboxylic acids is 1. The average molecular weight is 277 g/mol. The minimum Gasteiger partial charge on any atom is -0.378 e. The first kappa shape index (κ1) is 16.3. The van der Waals surface area contributed by atoms with Gasteiger partial charge in [-0.25, -0.2) is 0 Å². The van der Waals surface area contributed by atoms with Crippen molar-refractivity contribution in [2.75, 3.05) is 24.3 Å². The van der Waals surface area contributed by atoms with E-state index in [1.54, 1.807) is 0 Å². The van der Waals surface area contributed by atoms with E-state index in [0.29, 0.717) is 0 Å². The predicted molar refractivity (Wildman–Crippen MR) is 86.4 cm³/mol. The van der Waals surface area contributed by atoms with Crippen LogP contribution in [-0.4, -0.2) is 32.1 Å². The Kier molecular flexibility index (Phi) is 6.36. The topological polar surface area (TPSA) is 44.4 Å². The van der Waals surface area contributed by atoms with Crippen molar-refractivity contribution in [3.63, 3.8) is 0 Å². The Morgan fingerprint density at radius 2 is 2.00 bits per heavy atom. The SMILES string of the molecule is CCCC(C)NC(=O)C(C)Nc1cccc(N(C)C)c1. The van der Waals surface area contributed by atoms with Crippen molar-refractivity contribution in [2.45, 2.75) is 45.7 Å². The first-order valence-corrected chi connectivity index (χ1v) is 7.28. The molecule has 2 atom stereocenters. The maximum atomic E-state index is 12.1. The number of anilines is 2. The summed E-state index contributed by atoms with van der Waals surface area (Å²) in [7, 11) is 4.00. The molecule has 112 valence electrons. The molecule has 0 spiro atoms. The predicted octanol–water partition coefficient (Wildman–Crippen LogP) is 2.86. The summed E-state index contributed by atoms with van der Waals surface area (Å²) in [6.45, 7) is 6.05. The molecule has 0 aromatic heterocycles. The third-order valence-corrected chi connectivity index (χ3v) is 3.25. The lowest BCUT2D eigenvalue weighted by Crippen LogP contribution is -2.42. The molecule has 1 amide bonds. The van der Waals surface area contributed by atoms with Gasteiger partial charge in [-0.15, -0.1) is 0 Å². The maximum absolute atomic E-state index is 12.1. The molecular formula is C16H27N3O. The molecule has 0 aliphatic carbocycles. The molecule has 0 aliphatic heterocycles. The Balaban J connectivity index is 2.59. The highest BCUT2D eigenvalue weighted by Crippen LogP contribution is 2.18. The van der Waals surface area contributed by atoms with E-state index in [0.717, 1.165) is 24.2 Å². The number of hydrogen-bond donors (Lipinski definition) is 2. The fourth-order valence-electron chi connectivity index (χ4n) is 2.06. The van der Waals surface area contributed by atoms with Gasteiger partial charge in [-0.1, -0.05) is 19.4 Å². The minimum absolute atomic E-state index is 0.0428. The number of nitrogens with zero attached hydrogens (tertiary/aromatic N) is 1. The van der Waals surface area contributed by atoms with Gasteiger partial charge in [0.05, 0.1) is 0 Å². The van der Waals surface area contributed by atoms with E-state index in [1.165, 1.54) is 0 Å². The van der Waals surface area contributed by atoms with Crippen molar-refractivity contribution >= 4 is 17.3 Å². The number of hydrogen-bond acceptors (Lipinski definition) is 3. The number of benzene rings is 1. The summed E-state index contributed by atoms with van der Waals surface area (Å²) in [6, 6.07) is 8.03. The van der Waals surface area contributed by atoms with Crippen LogP contribution in [0.25, 0.3) is 0 Å². The maximum Gasteiger partial charge on any atom is 0.242 e. The first-order chi connectivity index (χ1) is 9.43. The van der Waals surface area contributed by atoms with E-state index in [9.17, 15) is 4.79 Å². The van der Waals surface area contributed by atoms with Gasteiger partial charge in [-0.2, -0.15) is 0 Å². The second-order valence-corrected chi connectivity index (χ2v) is 5.51. The van der Waals surface area contributed by atoms with Gasteiger partial charge < -0.3 is 15.5 Å². The second kappa shape index (κ2) is 7.78. The van der Waals surface area contributed by atoms with Crippen molar-refractivity contribution in [2.24, 2.45) is 0 Å². The highest BCUT2D eigenvalue weighted by Gasteiger charge is 2.14. The molecule has 4 heteroatoms. The Hall–Kier alpha value is -1.71. The number of nitrogens with one attached hydrogen (secondary N) is 2. The smallest absolute Gasteiger partial charge is 0.242 e. The first-order valence-electron chi connectivity index (χ1n) is 7.28. The van der Waals surface area contributed by atoms with Crippen LogP contribution in [0.2, 0.25) is 0 Å². The molecule has 0 heterocycles. The molecule has 0 radical (unpaired) electrons. The molecule has 1 rings (SSSR count). The minimum atomic E-state index is -0.244. The second-order valence-electron chi connectivity index (χ2n) is 5.51. The highest BCUT2D eigenvalue weighted by atomic mass is 16.2. The Morgan fingerprint density at radius 3 is 2.60 bits per heavy atom. The van der Waals surface area contributed by atoms with Crippen LogP contribution in [0, 0.1) is 0 Å². The molecule has 0 saturated carbocycles. The zero-order valence-corrected chi connectivity index (χ0v) is 13.2. The molecular weight excluding hydrogens is 250 g/mol. The largest absolute Gasteiger partial charge is 0.378 e. The molecule has 1 aromatic rings. The van der Waals surface area contributed by atoms with Crippen LogP contribution >= 0.6 is 0 Å². The summed E-state index contributed by atoms with van der Waals surface area (Å²) in [6.07, 6.45) is 2.09. The third kappa shape index (κ3) is 5.11. The molecule has 2 N–H and O–H groups in total. The van der Waals surface area contributed by atoms with Gasteiger partial charge in [0.15, 0.2) is 0 Å². The molecule has 0 aliphatic rings. The summed E-state index contributed by atoms with van der Waals surface area (Å²) in [5, 5.41) is 6.27. The van der Waals surface area contributed by atoms with E-state index in [-0.39, 0.29) is 18.0 Å². The van der Waals surface area contributed by atoms with Crippen molar-refractivity contribution in [1.29, 1.82) is 0 Å². The van der Waals surface area contributed by atoms with Crippen LogP contribution in [0.15, 0.2) is 24.3 Å². The molecule has 20 heavy (non-hydrogen) atoms. The van der Waals surface area contributed by atoms with Crippen molar-refractivity contribution in [3.05, 3.63) is 24.3 Å². The van der Waals surface area contributed by atoms with Crippen LogP contribution < -0.4 is 15.5 Å². The summed E-state index contributed by atoms with van der Waals surface area (Å²) in [4.78, 5) is 14.1. The van der Waals surface area contributed by atoms with Gasteiger partial charge >= 0.3 is 0 Å². The summed E-state index contributed by atoms with van der Waals surface area (Å²) in [5.74, 6) is 0.0428. The number of carbonyl (C=O) groups is 1. The monoisotopic (exact) mass is 277 g/mol. The molecule has 0 saturated heterocycles. The summed E-state index contributed by atoms with van der Waals surface area (Å²) >= 11 is 0. The molecule has 0 fully saturated rings. The van der Waals surface area contributed by atoms with Crippen LogP contribution in [-0.2, 0) is 4.79 Å². The lowest BCUT2D eigenvalue weighted by molar-refractivity contribution is -0.122. The quantitative estimate of drug-likeness (QED) is 0.805. The fourth-order valence-corrected chi connectivity index (χ4v) is 2.06. The van der Waals surface area contributed by atoms with Crippen molar-refractivity contribution < 1.29 is 4.79 Å². The van der Waals surface area contributed by atoms with Crippen LogP contribution in [0.4, 0.5) is 11.4 Å². The molecule has 4 nitrogen and oxygen atoms in total. The molecule has 2 unspecified atom stereocenters. The van der Waals surface area contributed by atoms with E-state index < -0.39 is 0 Å². The van der Waals surface area contributed by atoms with Crippen molar-refractivity contribution in [1.82, 2.24) is 5.32 Å². The van der Waals surface area contributed by atoms with E-state index in [4.69, 9.17) is 0 Å². The van der Waals surface area contributed by atoms with Gasteiger partial charge in [0, 0.05) is 31.5 Å². The van der Waals surface area contributed by atoms with Gasteiger partial charge in [0.25, 0.3) is 0 Å². The van der Waals surface area contributed by atoms with Crippen LogP contribution in [0.5, 0.6) is 0 Å². The zero-order chi connectivity index (χ0) is 15.1. The number of rotatable bonds is 7. The van der Waals surface area contributed by atoms with E-state index in [1.807, 2.05) is 57.1 Å². The number of amides is 1. The normalized spacial score (nSPS) is 13.4. The Morgan fingerprint density at radius 1 is 1.30 bits per heavy atom. The molecule has 0 bridgehead atoms. The Bertz CT molecular complexity index is 431. The average Bonchev–Trinajstić information content (AvgIpc) is 2.39.